The van der Waals surface area contributed by atoms with Crippen molar-refractivity contribution in [2.75, 3.05) is 54.4 Å². The minimum absolute atomic E-state index is 0.715. The molecule has 0 bridgehead atoms. The van der Waals surface area contributed by atoms with Crippen molar-refractivity contribution >= 4 is 0 Å². The third-order valence-electron chi connectivity index (χ3n) is 1.67. The lowest BCUT2D eigenvalue weighted by atomic mass is 10.5. The lowest BCUT2D eigenvalue weighted by molar-refractivity contribution is -0.919. The molecule has 0 atom stereocenters. The van der Waals surface area contributed by atoms with Crippen molar-refractivity contribution in [3.05, 3.63) is 0 Å². The summed E-state index contributed by atoms with van der Waals surface area (Å²) in [7, 11) is 5.13. The normalized spacial score (nSPS) is 11.0. The molecule has 4 heteroatoms. The number of hydrogen-bond acceptors (Lipinski definition) is 3. The van der Waals surface area contributed by atoms with Crippen molar-refractivity contribution in [1.82, 2.24) is 0 Å². The number of ether oxygens (including phenoxy) is 3. The maximum Gasteiger partial charge on any atom is 0.181 e. The second-order valence-corrected chi connectivity index (χ2v) is 2.67. The van der Waals surface area contributed by atoms with Gasteiger partial charge in [0.25, 0.3) is 0 Å². The standard InChI is InChI=1S/C8H19NO3/c1-10-6-4-9(8-12-3)5-7-11-2/h4-8H2,1-3H3/p+1. The molecule has 4 nitrogen and oxygen atoms in total. The van der Waals surface area contributed by atoms with Crippen molar-refractivity contribution in [2.45, 2.75) is 0 Å². The summed E-state index contributed by atoms with van der Waals surface area (Å²) in [4.78, 5) is 1.35. The third-order valence-corrected chi connectivity index (χ3v) is 1.67. The molecule has 0 fully saturated rings. The Balaban J connectivity index is 3.40. The Morgan fingerprint density at radius 3 is 1.67 bits per heavy atom. The average molecular weight is 178 g/mol. The molecule has 0 saturated carbocycles. The lowest BCUT2D eigenvalue weighted by Crippen LogP contribution is -3.13. The van der Waals surface area contributed by atoms with E-state index in [1.54, 1.807) is 21.3 Å². The molecule has 0 rings (SSSR count). The van der Waals surface area contributed by atoms with Crippen LogP contribution in [-0.4, -0.2) is 54.4 Å². The monoisotopic (exact) mass is 178 g/mol. The maximum atomic E-state index is 5.05. The maximum absolute atomic E-state index is 5.05. The van der Waals surface area contributed by atoms with Gasteiger partial charge in [-0.3, -0.25) is 0 Å². The van der Waals surface area contributed by atoms with Crippen molar-refractivity contribution in [1.29, 1.82) is 0 Å². The zero-order valence-electron chi connectivity index (χ0n) is 8.26. The Labute approximate surface area is 74.4 Å². The van der Waals surface area contributed by atoms with Crippen LogP contribution in [-0.2, 0) is 14.2 Å². The van der Waals surface area contributed by atoms with Gasteiger partial charge in [-0.05, 0) is 0 Å². The van der Waals surface area contributed by atoms with E-state index < -0.39 is 0 Å². The highest BCUT2D eigenvalue weighted by Crippen LogP contribution is 1.64. The van der Waals surface area contributed by atoms with Gasteiger partial charge < -0.3 is 19.1 Å². The molecule has 0 spiro atoms. The molecule has 12 heavy (non-hydrogen) atoms. The van der Waals surface area contributed by atoms with Gasteiger partial charge in [0.2, 0.25) is 0 Å². The molecule has 1 N–H and O–H groups in total. The highest BCUT2D eigenvalue weighted by atomic mass is 16.5. The van der Waals surface area contributed by atoms with E-state index in [0.29, 0.717) is 6.73 Å². The zero-order chi connectivity index (χ0) is 9.23. The van der Waals surface area contributed by atoms with E-state index >= 15 is 0 Å². The Morgan fingerprint density at radius 1 is 0.833 bits per heavy atom. The molecule has 0 aliphatic rings. The Kier molecular flexibility index (Phi) is 8.81. The van der Waals surface area contributed by atoms with Gasteiger partial charge in [-0.15, -0.1) is 0 Å². The van der Waals surface area contributed by atoms with Gasteiger partial charge in [-0.2, -0.15) is 0 Å². The van der Waals surface area contributed by atoms with Crippen LogP contribution in [0.3, 0.4) is 0 Å². The molecule has 0 amide bonds. The fourth-order valence-corrected chi connectivity index (χ4v) is 0.966. The molecule has 74 valence electrons. The first-order valence-corrected chi connectivity index (χ1v) is 4.15. The SMILES string of the molecule is COCC[NH+](CCOC)COC. The second-order valence-electron chi connectivity index (χ2n) is 2.67. The smallest absolute Gasteiger partial charge is 0.181 e. The van der Waals surface area contributed by atoms with Crippen LogP contribution in [0.5, 0.6) is 0 Å². The summed E-state index contributed by atoms with van der Waals surface area (Å²) in [6, 6.07) is 0. The largest absolute Gasteiger partial charge is 0.379 e. The highest BCUT2D eigenvalue weighted by molar-refractivity contribution is 4.26. The first-order valence-electron chi connectivity index (χ1n) is 4.15. The van der Waals surface area contributed by atoms with Gasteiger partial charge in [0.1, 0.15) is 13.1 Å². The van der Waals surface area contributed by atoms with E-state index in [1.807, 2.05) is 0 Å². The number of rotatable bonds is 8. The molecule has 0 aromatic carbocycles. The van der Waals surface area contributed by atoms with Crippen molar-refractivity contribution in [2.24, 2.45) is 0 Å². The second kappa shape index (κ2) is 8.93. The molecular formula is C8H20NO3+. The third kappa shape index (κ3) is 6.54. The van der Waals surface area contributed by atoms with Crippen LogP contribution in [0, 0.1) is 0 Å². The molecule has 0 aromatic heterocycles. The molecule has 0 unspecified atom stereocenters. The van der Waals surface area contributed by atoms with Crippen LogP contribution in [0.4, 0.5) is 0 Å². The van der Waals surface area contributed by atoms with Crippen molar-refractivity contribution < 1.29 is 19.1 Å². The summed E-state index contributed by atoms with van der Waals surface area (Å²) in [5, 5.41) is 0. The topological polar surface area (TPSA) is 32.1 Å². The fraction of sp³-hybridized carbons (Fsp3) is 1.00. The molecule has 0 aliphatic heterocycles. The van der Waals surface area contributed by atoms with Gasteiger partial charge in [0.15, 0.2) is 6.73 Å². The Morgan fingerprint density at radius 2 is 1.33 bits per heavy atom. The van der Waals surface area contributed by atoms with Crippen LogP contribution in [0.25, 0.3) is 0 Å². The number of hydrogen-bond donors (Lipinski definition) is 1. The summed E-state index contributed by atoms with van der Waals surface area (Å²) in [5.41, 5.74) is 0. The quantitative estimate of drug-likeness (QED) is 0.472. The first kappa shape index (κ1) is 11.8. The van der Waals surface area contributed by atoms with Gasteiger partial charge in [0, 0.05) is 21.3 Å². The van der Waals surface area contributed by atoms with Crippen LogP contribution >= 0.6 is 0 Å². The van der Waals surface area contributed by atoms with E-state index in [2.05, 4.69) is 0 Å². The Bertz CT molecular complexity index is 82.4. The summed E-state index contributed by atoms with van der Waals surface area (Å²) in [6.45, 7) is 4.18. The molecule has 0 aliphatic carbocycles. The molecule has 0 saturated heterocycles. The molecular weight excluding hydrogens is 158 g/mol. The van der Waals surface area contributed by atoms with Gasteiger partial charge >= 0.3 is 0 Å². The van der Waals surface area contributed by atoms with Gasteiger partial charge in [-0.25, -0.2) is 0 Å². The number of nitrogens with one attached hydrogen (secondary N) is 1. The predicted octanol–water partition coefficient (Wildman–Crippen LogP) is -1.23. The first-order chi connectivity index (χ1) is 5.85. The van der Waals surface area contributed by atoms with Crippen molar-refractivity contribution in [3.63, 3.8) is 0 Å². The van der Waals surface area contributed by atoms with E-state index in [1.165, 1.54) is 4.90 Å². The average Bonchev–Trinajstić information content (AvgIpc) is 2.10. The van der Waals surface area contributed by atoms with Crippen LogP contribution in [0.15, 0.2) is 0 Å². The van der Waals surface area contributed by atoms with Crippen molar-refractivity contribution in [3.8, 4) is 0 Å². The fourth-order valence-electron chi connectivity index (χ4n) is 0.966. The number of methoxy groups -OCH3 is 3. The zero-order valence-corrected chi connectivity index (χ0v) is 8.26. The van der Waals surface area contributed by atoms with E-state index in [9.17, 15) is 0 Å². The van der Waals surface area contributed by atoms with Crippen LogP contribution < -0.4 is 4.90 Å². The van der Waals surface area contributed by atoms with E-state index in [4.69, 9.17) is 14.2 Å². The molecule has 0 aromatic rings. The summed E-state index contributed by atoms with van der Waals surface area (Å²) in [6.07, 6.45) is 0. The van der Waals surface area contributed by atoms with Crippen LogP contribution in [0.1, 0.15) is 0 Å². The predicted molar refractivity (Wildman–Crippen MR) is 46.3 cm³/mol. The minimum Gasteiger partial charge on any atom is -0.379 e. The lowest BCUT2D eigenvalue weighted by Gasteiger charge is -2.17. The van der Waals surface area contributed by atoms with E-state index in [-0.39, 0.29) is 0 Å². The minimum atomic E-state index is 0.715. The highest BCUT2D eigenvalue weighted by Gasteiger charge is 2.05. The Hall–Kier alpha value is -0.160. The summed E-state index contributed by atoms with van der Waals surface area (Å²) < 4.78 is 15.0. The van der Waals surface area contributed by atoms with Crippen LogP contribution in [0.2, 0.25) is 0 Å². The van der Waals surface area contributed by atoms with Gasteiger partial charge in [0.05, 0.1) is 13.2 Å². The molecule has 0 radical (unpaired) electrons. The van der Waals surface area contributed by atoms with E-state index in [0.717, 1.165) is 26.3 Å². The number of quaternary nitrogens is 1. The summed E-state index contributed by atoms with van der Waals surface area (Å²) >= 11 is 0. The molecule has 0 heterocycles. The summed E-state index contributed by atoms with van der Waals surface area (Å²) in [5.74, 6) is 0. The van der Waals surface area contributed by atoms with Gasteiger partial charge in [-0.1, -0.05) is 0 Å².